The van der Waals surface area contributed by atoms with Crippen LogP contribution < -0.4 is 9.47 Å². The van der Waals surface area contributed by atoms with Crippen LogP contribution in [0, 0.1) is 6.92 Å². The third-order valence-electron chi connectivity index (χ3n) is 4.52. The fraction of sp³-hybridized carbons (Fsp3) is 0.381. The molecule has 0 aliphatic carbocycles. The molecule has 5 nitrogen and oxygen atoms in total. The summed E-state index contributed by atoms with van der Waals surface area (Å²) in [6.45, 7) is 3.27. The van der Waals surface area contributed by atoms with Crippen LogP contribution in [0.5, 0.6) is 11.5 Å². The van der Waals surface area contributed by atoms with Gasteiger partial charge in [-0.3, -0.25) is 0 Å². The minimum absolute atomic E-state index is 0.126. The lowest BCUT2D eigenvalue weighted by molar-refractivity contribution is -0.275. The van der Waals surface area contributed by atoms with E-state index in [2.05, 4.69) is 4.99 Å². The molecule has 2 aromatic rings. The van der Waals surface area contributed by atoms with Crippen LogP contribution in [0.25, 0.3) is 0 Å². The van der Waals surface area contributed by atoms with Gasteiger partial charge in [0.25, 0.3) is 0 Å². The molecular weight excluding hydrogens is 385 g/mol. The number of methoxy groups -OCH3 is 1. The average molecular weight is 410 g/mol. The molecule has 1 unspecified atom stereocenters. The summed E-state index contributed by atoms with van der Waals surface area (Å²) in [5.74, 6) is 0.0908. The van der Waals surface area contributed by atoms with Crippen LogP contribution in [0.2, 0.25) is 0 Å². The smallest absolute Gasteiger partial charge is 0.425 e. The Morgan fingerprint density at radius 1 is 1.17 bits per heavy atom. The SMILES string of the molecule is CCN(C)C=Nc1cc(OC)c(C(O)(COc2ccccc2)C(F)(F)F)cc1C. The fourth-order valence-electron chi connectivity index (χ4n) is 2.57. The minimum atomic E-state index is -4.99. The summed E-state index contributed by atoms with van der Waals surface area (Å²) in [5, 5.41) is 10.7. The van der Waals surface area contributed by atoms with Gasteiger partial charge in [0.2, 0.25) is 5.60 Å². The molecule has 0 amide bonds. The molecule has 8 heteroatoms. The summed E-state index contributed by atoms with van der Waals surface area (Å²) >= 11 is 0. The first kappa shape index (κ1) is 22.5. The van der Waals surface area contributed by atoms with Crippen molar-refractivity contribution in [2.75, 3.05) is 27.3 Å². The fourth-order valence-corrected chi connectivity index (χ4v) is 2.57. The Labute approximate surface area is 168 Å². The lowest BCUT2D eigenvalue weighted by Crippen LogP contribution is -2.47. The molecule has 0 fully saturated rings. The van der Waals surface area contributed by atoms with Gasteiger partial charge in [-0.15, -0.1) is 0 Å². The van der Waals surface area contributed by atoms with Gasteiger partial charge in [0.05, 0.1) is 19.1 Å². The van der Waals surface area contributed by atoms with E-state index in [1.54, 1.807) is 31.5 Å². The van der Waals surface area contributed by atoms with Gasteiger partial charge in [-0.05, 0) is 37.6 Å². The summed E-state index contributed by atoms with van der Waals surface area (Å²) in [7, 11) is 3.07. The maximum Gasteiger partial charge on any atom is 0.425 e. The van der Waals surface area contributed by atoms with Crippen molar-refractivity contribution in [1.82, 2.24) is 4.90 Å². The molecule has 0 aromatic heterocycles. The molecule has 2 aromatic carbocycles. The Hall–Kier alpha value is -2.74. The largest absolute Gasteiger partial charge is 0.496 e. The van der Waals surface area contributed by atoms with E-state index in [-0.39, 0.29) is 11.5 Å². The highest BCUT2D eigenvalue weighted by atomic mass is 19.4. The van der Waals surface area contributed by atoms with Crippen LogP contribution in [0.1, 0.15) is 18.1 Å². The second kappa shape index (κ2) is 9.17. The molecule has 0 heterocycles. The molecule has 2 rings (SSSR count). The summed E-state index contributed by atoms with van der Waals surface area (Å²) in [4.78, 5) is 6.11. The zero-order chi connectivity index (χ0) is 21.7. The van der Waals surface area contributed by atoms with Gasteiger partial charge >= 0.3 is 6.18 Å². The molecule has 0 bridgehead atoms. The number of alkyl halides is 3. The number of aliphatic hydroxyl groups is 1. The number of nitrogens with zero attached hydrogens (tertiary/aromatic N) is 2. The standard InChI is InChI=1S/C21H25F3N2O3/c1-5-26(3)14-25-18-12-19(28-4)17(11-15(18)2)20(27,21(22,23)24)13-29-16-9-7-6-8-10-16/h6-12,14,27H,5,13H2,1-4H3. The van der Waals surface area contributed by atoms with Gasteiger partial charge < -0.3 is 19.5 Å². The third kappa shape index (κ3) is 5.20. The third-order valence-corrected chi connectivity index (χ3v) is 4.52. The summed E-state index contributed by atoms with van der Waals surface area (Å²) in [6.07, 6.45) is -3.41. The van der Waals surface area contributed by atoms with E-state index in [1.165, 1.54) is 31.4 Å². The van der Waals surface area contributed by atoms with Crippen LogP contribution in [-0.4, -0.2) is 49.8 Å². The van der Waals surface area contributed by atoms with Crippen LogP contribution >= 0.6 is 0 Å². The second-order valence-electron chi connectivity index (χ2n) is 6.62. The second-order valence-corrected chi connectivity index (χ2v) is 6.62. The van der Waals surface area contributed by atoms with Crippen LogP contribution in [0.15, 0.2) is 47.5 Å². The number of ether oxygens (including phenoxy) is 2. The van der Waals surface area contributed by atoms with E-state index in [0.29, 0.717) is 11.3 Å². The van der Waals surface area contributed by atoms with E-state index in [9.17, 15) is 18.3 Å². The van der Waals surface area contributed by atoms with E-state index < -0.39 is 23.9 Å². The predicted molar refractivity (Wildman–Crippen MR) is 106 cm³/mol. The monoisotopic (exact) mass is 410 g/mol. The van der Waals surface area contributed by atoms with Crippen molar-refractivity contribution in [3.63, 3.8) is 0 Å². The Kier molecular flexibility index (Phi) is 7.13. The van der Waals surface area contributed by atoms with Crippen molar-refractivity contribution in [1.29, 1.82) is 0 Å². The maximum absolute atomic E-state index is 13.9. The van der Waals surface area contributed by atoms with Gasteiger partial charge in [0.1, 0.15) is 18.1 Å². The Balaban J connectivity index is 2.47. The molecule has 158 valence electrons. The first-order valence-corrected chi connectivity index (χ1v) is 9.03. The minimum Gasteiger partial charge on any atom is -0.496 e. The quantitative estimate of drug-likeness (QED) is 0.516. The van der Waals surface area contributed by atoms with Gasteiger partial charge in [-0.25, -0.2) is 4.99 Å². The van der Waals surface area contributed by atoms with E-state index in [1.807, 2.05) is 18.9 Å². The molecule has 0 aliphatic heterocycles. The first-order chi connectivity index (χ1) is 13.6. The number of para-hydroxylation sites is 1. The number of benzene rings is 2. The van der Waals surface area contributed by atoms with Crippen LogP contribution in [0.4, 0.5) is 18.9 Å². The number of aliphatic imine (C=N–C) groups is 1. The lowest BCUT2D eigenvalue weighted by atomic mass is 9.91. The normalized spacial score (nSPS) is 13.9. The molecule has 1 atom stereocenters. The Morgan fingerprint density at radius 2 is 1.83 bits per heavy atom. The molecule has 0 radical (unpaired) electrons. The predicted octanol–water partition coefficient (Wildman–Crippen LogP) is 4.44. The van der Waals surface area contributed by atoms with Crippen molar-refractivity contribution < 1.29 is 27.8 Å². The molecule has 0 saturated carbocycles. The number of hydrogen-bond donors (Lipinski definition) is 1. The van der Waals surface area contributed by atoms with Crippen molar-refractivity contribution in [2.24, 2.45) is 4.99 Å². The Bertz CT molecular complexity index is 841. The highest BCUT2D eigenvalue weighted by Crippen LogP contribution is 2.45. The topological polar surface area (TPSA) is 54.3 Å². The van der Waals surface area contributed by atoms with Crippen LogP contribution in [0.3, 0.4) is 0 Å². The molecule has 0 saturated heterocycles. The summed E-state index contributed by atoms with van der Waals surface area (Å²) in [6, 6.07) is 10.6. The maximum atomic E-state index is 13.9. The number of hydrogen-bond acceptors (Lipinski definition) is 4. The molecule has 29 heavy (non-hydrogen) atoms. The average Bonchev–Trinajstić information content (AvgIpc) is 2.70. The summed E-state index contributed by atoms with van der Waals surface area (Å²) in [5.41, 5.74) is -2.78. The van der Waals surface area contributed by atoms with Gasteiger partial charge in [0.15, 0.2) is 0 Å². The molecule has 1 N–H and O–H groups in total. The van der Waals surface area contributed by atoms with Crippen molar-refractivity contribution in [3.05, 3.63) is 53.6 Å². The van der Waals surface area contributed by atoms with Gasteiger partial charge in [-0.2, -0.15) is 13.2 Å². The van der Waals surface area contributed by atoms with E-state index >= 15 is 0 Å². The van der Waals surface area contributed by atoms with Gasteiger partial charge in [-0.1, -0.05) is 18.2 Å². The van der Waals surface area contributed by atoms with E-state index in [4.69, 9.17) is 9.47 Å². The van der Waals surface area contributed by atoms with Crippen molar-refractivity contribution in [3.8, 4) is 11.5 Å². The number of halogens is 3. The van der Waals surface area contributed by atoms with Crippen molar-refractivity contribution in [2.45, 2.75) is 25.6 Å². The zero-order valence-electron chi connectivity index (χ0n) is 16.8. The zero-order valence-corrected chi connectivity index (χ0v) is 16.8. The van der Waals surface area contributed by atoms with E-state index in [0.717, 1.165) is 6.54 Å². The Morgan fingerprint density at radius 3 is 2.38 bits per heavy atom. The highest BCUT2D eigenvalue weighted by Gasteiger charge is 2.57. The molecule has 0 aliphatic rings. The molecular formula is C21H25F3N2O3. The first-order valence-electron chi connectivity index (χ1n) is 9.03. The van der Waals surface area contributed by atoms with Gasteiger partial charge in [0, 0.05) is 25.2 Å². The van der Waals surface area contributed by atoms with Crippen molar-refractivity contribution >= 4 is 12.0 Å². The van der Waals surface area contributed by atoms with Crippen LogP contribution in [-0.2, 0) is 5.60 Å². The molecule has 0 spiro atoms. The lowest BCUT2D eigenvalue weighted by Gasteiger charge is -2.32. The number of aryl methyl sites for hydroxylation is 1. The number of rotatable bonds is 8. The summed E-state index contributed by atoms with van der Waals surface area (Å²) < 4.78 is 52.2. The highest BCUT2D eigenvalue weighted by molar-refractivity contribution is 5.65.